The maximum atomic E-state index is 12.3. The summed E-state index contributed by atoms with van der Waals surface area (Å²) in [5.74, 6) is -0.0440. The zero-order chi connectivity index (χ0) is 14.2. The van der Waals surface area contributed by atoms with E-state index in [-0.39, 0.29) is 45.9 Å². The molecule has 0 aromatic carbocycles. The molecule has 0 spiro atoms. The maximum absolute atomic E-state index is 12.3. The standard InChI is InChI=1S/C12H15Cl2N3O2/c1-5-6(2)19-7(3)8(5)12(18)17-11-9(13)10(14)15-4-16-11/h4-8H,1-3H3,(H,15,16,17,18). The fourth-order valence-electron chi connectivity index (χ4n) is 2.35. The average Bonchev–Trinajstić information content (AvgIpc) is 2.59. The van der Waals surface area contributed by atoms with Crippen LogP contribution in [-0.2, 0) is 9.53 Å². The lowest BCUT2D eigenvalue weighted by atomic mass is 9.89. The molecule has 2 rings (SSSR count). The minimum absolute atomic E-state index is 0.0511. The van der Waals surface area contributed by atoms with Crippen molar-refractivity contribution in [2.45, 2.75) is 33.0 Å². The average molecular weight is 304 g/mol. The van der Waals surface area contributed by atoms with Gasteiger partial charge in [0.2, 0.25) is 5.91 Å². The van der Waals surface area contributed by atoms with Crippen molar-refractivity contribution in [1.82, 2.24) is 9.97 Å². The Hall–Kier alpha value is -0.910. The van der Waals surface area contributed by atoms with Crippen LogP contribution in [0.1, 0.15) is 20.8 Å². The molecule has 0 saturated carbocycles. The molecule has 1 aromatic heterocycles. The molecule has 4 atom stereocenters. The number of hydrogen-bond donors (Lipinski definition) is 1. The molecule has 0 radical (unpaired) electrons. The zero-order valence-corrected chi connectivity index (χ0v) is 12.4. The normalized spacial score (nSPS) is 30.4. The highest BCUT2D eigenvalue weighted by Crippen LogP contribution is 2.34. The molecule has 0 bridgehead atoms. The number of rotatable bonds is 2. The Morgan fingerprint density at radius 1 is 1.26 bits per heavy atom. The van der Waals surface area contributed by atoms with Crippen LogP contribution in [0, 0.1) is 11.8 Å². The predicted molar refractivity (Wildman–Crippen MR) is 73.3 cm³/mol. The second-order valence-electron chi connectivity index (χ2n) is 4.75. The van der Waals surface area contributed by atoms with Gasteiger partial charge in [0.05, 0.1) is 18.1 Å². The monoisotopic (exact) mass is 303 g/mol. The minimum atomic E-state index is -0.236. The number of carbonyl (C=O) groups excluding carboxylic acids is 1. The van der Waals surface area contributed by atoms with E-state index in [1.54, 1.807) is 0 Å². The van der Waals surface area contributed by atoms with E-state index in [4.69, 9.17) is 27.9 Å². The summed E-state index contributed by atoms with van der Waals surface area (Å²) >= 11 is 11.7. The van der Waals surface area contributed by atoms with E-state index in [1.165, 1.54) is 6.33 Å². The summed E-state index contributed by atoms with van der Waals surface area (Å²) in [4.78, 5) is 19.9. The Bertz CT molecular complexity index is 498. The van der Waals surface area contributed by atoms with Crippen LogP contribution < -0.4 is 5.32 Å². The second kappa shape index (κ2) is 5.61. The first-order chi connectivity index (χ1) is 8.91. The van der Waals surface area contributed by atoms with Crippen LogP contribution in [0.15, 0.2) is 6.33 Å². The first-order valence-corrected chi connectivity index (χ1v) is 6.79. The number of ether oxygens (including phenoxy) is 1. The molecule has 0 aliphatic carbocycles. The van der Waals surface area contributed by atoms with Gasteiger partial charge in [-0.15, -0.1) is 0 Å². The molecular formula is C12H15Cl2N3O2. The second-order valence-corrected chi connectivity index (χ2v) is 5.48. The van der Waals surface area contributed by atoms with E-state index in [9.17, 15) is 4.79 Å². The van der Waals surface area contributed by atoms with Gasteiger partial charge in [0.15, 0.2) is 11.0 Å². The molecule has 1 aromatic rings. The number of anilines is 1. The van der Waals surface area contributed by atoms with Gasteiger partial charge in [0, 0.05) is 0 Å². The lowest BCUT2D eigenvalue weighted by Gasteiger charge is -2.17. The Kier molecular flexibility index (Phi) is 4.28. The molecule has 5 nitrogen and oxygen atoms in total. The fraction of sp³-hybridized carbons (Fsp3) is 0.583. The van der Waals surface area contributed by atoms with E-state index in [1.807, 2.05) is 20.8 Å². The number of nitrogens with zero attached hydrogens (tertiary/aromatic N) is 2. The van der Waals surface area contributed by atoms with Crippen molar-refractivity contribution in [3.63, 3.8) is 0 Å². The maximum Gasteiger partial charge on any atom is 0.231 e. The summed E-state index contributed by atoms with van der Waals surface area (Å²) in [6, 6.07) is 0. The number of halogens is 2. The fourth-order valence-corrected chi connectivity index (χ4v) is 2.63. The van der Waals surface area contributed by atoms with Gasteiger partial charge in [-0.3, -0.25) is 4.79 Å². The topological polar surface area (TPSA) is 64.1 Å². The van der Waals surface area contributed by atoms with Crippen LogP contribution >= 0.6 is 23.2 Å². The van der Waals surface area contributed by atoms with E-state index in [0.29, 0.717) is 0 Å². The third-order valence-electron chi connectivity index (χ3n) is 3.53. The molecule has 7 heteroatoms. The summed E-state index contributed by atoms with van der Waals surface area (Å²) in [6.45, 7) is 5.84. The largest absolute Gasteiger partial charge is 0.374 e. The Morgan fingerprint density at radius 3 is 2.53 bits per heavy atom. The lowest BCUT2D eigenvalue weighted by molar-refractivity contribution is -0.122. The van der Waals surface area contributed by atoms with E-state index < -0.39 is 0 Å². The van der Waals surface area contributed by atoms with E-state index in [0.717, 1.165) is 0 Å². The Morgan fingerprint density at radius 2 is 1.95 bits per heavy atom. The smallest absolute Gasteiger partial charge is 0.231 e. The van der Waals surface area contributed by atoms with Gasteiger partial charge in [-0.1, -0.05) is 30.1 Å². The Labute approximate surface area is 121 Å². The Balaban J connectivity index is 2.15. The molecular weight excluding hydrogens is 289 g/mol. The molecule has 1 N–H and O–H groups in total. The molecule has 104 valence electrons. The van der Waals surface area contributed by atoms with Crippen molar-refractivity contribution in [3.05, 3.63) is 16.5 Å². The minimum Gasteiger partial charge on any atom is -0.374 e. The number of amides is 1. The molecule has 1 saturated heterocycles. The highest BCUT2D eigenvalue weighted by molar-refractivity contribution is 6.42. The summed E-state index contributed by atoms with van der Waals surface area (Å²) in [5, 5.41) is 2.95. The summed E-state index contributed by atoms with van der Waals surface area (Å²) < 4.78 is 5.65. The third-order valence-corrected chi connectivity index (χ3v) is 4.27. The molecule has 1 aliphatic heterocycles. The van der Waals surface area contributed by atoms with E-state index in [2.05, 4.69) is 15.3 Å². The van der Waals surface area contributed by atoms with Crippen LogP contribution in [0.2, 0.25) is 10.2 Å². The SMILES string of the molecule is CC1OC(C)C(C(=O)Nc2ncnc(Cl)c2Cl)C1C. The molecule has 1 amide bonds. The van der Waals surface area contributed by atoms with Crippen molar-refractivity contribution in [2.75, 3.05) is 5.32 Å². The molecule has 19 heavy (non-hydrogen) atoms. The third kappa shape index (κ3) is 2.83. The zero-order valence-electron chi connectivity index (χ0n) is 10.9. The van der Waals surface area contributed by atoms with Gasteiger partial charge in [-0.05, 0) is 19.8 Å². The van der Waals surface area contributed by atoms with E-state index >= 15 is 0 Å². The van der Waals surface area contributed by atoms with Gasteiger partial charge < -0.3 is 10.1 Å². The molecule has 1 fully saturated rings. The van der Waals surface area contributed by atoms with Gasteiger partial charge in [0.1, 0.15) is 11.3 Å². The van der Waals surface area contributed by atoms with Crippen molar-refractivity contribution < 1.29 is 9.53 Å². The van der Waals surface area contributed by atoms with Crippen LogP contribution in [0.3, 0.4) is 0 Å². The molecule has 4 unspecified atom stereocenters. The van der Waals surface area contributed by atoms with Crippen molar-refractivity contribution in [3.8, 4) is 0 Å². The van der Waals surface area contributed by atoms with Crippen LogP contribution in [0.5, 0.6) is 0 Å². The number of aromatic nitrogens is 2. The molecule has 1 aliphatic rings. The first kappa shape index (κ1) is 14.5. The molecule has 2 heterocycles. The number of carbonyl (C=O) groups is 1. The predicted octanol–water partition coefficient (Wildman–Crippen LogP) is 2.78. The van der Waals surface area contributed by atoms with Gasteiger partial charge in [-0.2, -0.15) is 0 Å². The lowest BCUT2D eigenvalue weighted by Crippen LogP contribution is -2.32. The van der Waals surface area contributed by atoms with Crippen LogP contribution in [-0.4, -0.2) is 28.1 Å². The summed E-state index contributed by atoms with van der Waals surface area (Å²) in [6.07, 6.45) is 1.17. The van der Waals surface area contributed by atoms with Crippen molar-refractivity contribution in [1.29, 1.82) is 0 Å². The van der Waals surface area contributed by atoms with Crippen LogP contribution in [0.4, 0.5) is 5.82 Å². The number of hydrogen-bond acceptors (Lipinski definition) is 4. The number of nitrogens with one attached hydrogen (secondary N) is 1. The van der Waals surface area contributed by atoms with Crippen molar-refractivity contribution >= 4 is 34.9 Å². The highest BCUT2D eigenvalue weighted by Gasteiger charge is 2.41. The van der Waals surface area contributed by atoms with Gasteiger partial charge >= 0.3 is 0 Å². The van der Waals surface area contributed by atoms with Gasteiger partial charge in [-0.25, -0.2) is 9.97 Å². The van der Waals surface area contributed by atoms with Crippen LogP contribution in [0.25, 0.3) is 0 Å². The first-order valence-electron chi connectivity index (χ1n) is 6.04. The summed E-state index contributed by atoms with van der Waals surface area (Å²) in [5.41, 5.74) is 0. The highest BCUT2D eigenvalue weighted by atomic mass is 35.5. The van der Waals surface area contributed by atoms with Crippen molar-refractivity contribution in [2.24, 2.45) is 11.8 Å². The van der Waals surface area contributed by atoms with Gasteiger partial charge in [0.25, 0.3) is 0 Å². The quantitative estimate of drug-likeness (QED) is 0.853. The summed E-state index contributed by atoms with van der Waals surface area (Å²) in [7, 11) is 0.